The summed E-state index contributed by atoms with van der Waals surface area (Å²) in [4.78, 5) is -0.690. The number of hydrogen-bond acceptors (Lipinski definition) is 4. The van der Waals surface area contributed by atoms with Gasteiger partial charge in [-0.25, -0.2) is 21.9 Å². The van der Waals surface area contributed by atoms with Crippen molar-refractivity contribution < 1.29 is 27.0 Å². The third-order valence-electron chi connectivity index (χ3n) is 2.93. The zero-order valence-corrected chi connectivity index (χ0v) is 12.7. The second-order valence-corrected chi connectivity index (χ2v) is 6.24. The van der Waals surface area contributed by atoms with Gasteiger partial charge in [0.1, 0.15) is 10.7 Å². The van der Waals surface area contributed by atoms with Crippen molar-refractivity contribution in [3.8, 4) is 0 Å². The highest BCUT2D eigenvalue weighted by Gasteiger charge is 2.25. The van der Waals surface area contributed by atoms with Crippen LogP contribution in [0, 0.1) is 11.6 Å². The monoisotopic (exact) mass is 323 g/mol. The van der Waals surface area contributed by atoms with Gasteiger partial charge in [-0.15, -0.1) is 0 Å². The molecule has 1 aromatic rings. The molecule has 0 aliphatic heterocycles. The average molecular weight is 323 g/mol. The molecule has 120 valence electrons. The van der Waals surface area contributed by atoms with Crippen molar-refractivity contribution in [3.05, 3.63) is 29.3 Å². The molecule has 0 amide bonds. The van der Waals surface area contributed by atoms with E-state index < -0.39 is 44.8 Å². The van der Waals surface area contributed by atoms with E-state index >= 15 is 0 Å². The van der Waals surface area contributed by atoms with Crippen molar-refractivity contribution in [2.75, 3.05) is 13.7 Å². The molecule has 0 aliphatic carbocycles. The summed E-state index contributed by atoms with van der Waals surface area (Å²) in [5, 5.41) is 8.92. The van der Waals surface area contributed by atoms with Crippen LogP contribution in [0.1, 0.15) is 25.3 Å². The lowest BCUT2D eigenvalue weighted by molar-refractivity contribution is 0.171. The minimum atomic E-state index is -4.17. The highest BCUT2D eigenvalue weighted by molar-refractivity contribution is 7.89. The number of benzene rings is 1. The van der Waals surface area contributed by atoms with Gasteiger partial charge < -0.3 is 9.84 Å². The summed E-state index contributed by atoms with van der Waals surface area (Å²) < 4.78 is 58.9. The molecule has 0 radical (unpaired) electrons. The average Bonchev–Trinajstić information content (AvgIpc) is 2.39. The Morgan fingerprint density at radius 2 is 2.05 bits per heavy atom. The van der Waals surface area contributed by atoms with Crippen molar-refractivity contribution in [1.29, 1.82) is 0 Å². The number of rotatable bonds is 8. The smallest absolute Gasteiger partial charge is 0.243 e. The van der Waals surface area contributed by atoms with Crippen LogP contribution in [-0.2, 0) is 21.4 Å². The van der Waals surface area contributed by atoms with Gasteiger partial charge in [-0.05, 0) is 18.6 Å². The van der Waals surface area contributed by atoms with Crippen LogP contribution in [0.4, 0.5) is 8.78 Å². The summed E-state index contributed by atoms with van der Waals surface area (Å²) in [6, 6.07) is 1.14. The lowest BCUT2D eigenvalue weighted by Crippen LogP contribution is -2.38. The SMILES string of the molecule is CCCC(COC)NS(=O)(=O)c1ccc(F)c(CO)c1F. The molecule has 5 nitrogen and oxygen atoms in total. The van der Waals surface area contributed by atoms with Crippen molar-refractivity contribution >= 4 is 10.0 Å². The third-order valence-corrected chi connectivity index (χ3v) is 4.46. The van der Waals surface area contributed by atoms with Gasteiger partial charge in [0.05, 0.1) is 18.8 Å². The summed E-state index contributed by atoms with van der Waals surface area (Å²) in [5.41, 5.74) is -0.670. The Morgan fingerprint density at radius 3 is 2.57 bits per heavy atom. The molecule has 1 rings (SSSR count). The molecular weight excluding hydrogens is 304 g/mol. The van der Waals surface area contributed by atoms with Crippen molar-refractivity contribution in [3.63, 3.8) is 0 Å². The summed E-state index contributed by atoms with van der Waals surface area (Å²) in [5.74, 6) is -2.27. The lowest BCUT2D eigenvalue weighted by atomic mass is 10.2. The molecular formula is C13H19F2NO4S. The van der Waals surface area contributed by atoms with E-state index in [1.54, 1.807) is 0 Å². The fraction of sp³-hybridized carbons (Fsp3) is 0.538. The van der Waals surface area contributed by atoms with Gasteiger partial charge in [-0.3, -0.25) is 0 Å². The van der Waals surface area contributed by atoms with E-state index in [1.165, 1.54) is 7.11 Å². The third kappa shape index (κ3) is 4.44. The summed E-state index contributed by atoms with van der Waals surface area (Å²) >= 11 is 0. The second kappa shape index (κ2) is 7.79. The standard InChI is InChI=1S/C13H19F2NO4S/c1-3-4-9(8-20-2)16-21(18,19)12-6-5-11(14)10(7-17)13(12)15/h5-6,9,16-17H,3-4,7-8H2,1-2H3. The fourth-order valence-electron chi connectivity index (χ4n) is 1.94. The minimum Gasteiger partial charge on any atom is -0.391 e. The number of methoxy groups -OCH3 is 1. The highest BCUT2D eigenvalue weighted by atomic mass is 32.2. The maximum Gasteiger partial charge on any atom is 0.243 e. The van der Waals surface area contributed by atoms with Crippen LogP contribution < -0.4 is 4.72 Å². The number of hydrogen-bond donors (Lipinski definition) is 2. The number of aliphatic hydroxyl groups is 1. The van der Waals surface area contributed by atoms with Crippen LogP contribution in [0.15, 0.2) is 17.0 Å². The molecule has 0 fully saturated rings. The molecule has 1 aromatic carbocycles. The molecule has 2 N–H and O–H groups in total. The van der Waals surface area contributed by atoms with Crippen LogP contribution in [0.25, 0.3) is 0 Å². The Labute approximate surface area is 123 Å². The highest BCUT2D eigenvalue weighted by Crippen LogP contribution is 2.21. The molecule has 21 heavy (non-hydrogen) atoms. The van der Waals surface area contributed by atoms with Crippen LogP contribution >= 0.6 is 0 Å². The summed E-state index contributed by atoms with van der Waals surface area (Å²) in [6.07, 6.45) is 1.23. The molecule has 8 heteroatoms. The van der Waals surface area contributed by atoms with Gasteiger partial charge >= 0.3 is 0 Å². The molecule has 0 aliphatic rings. The van der Waals surface area contributed by atoms with Crippen molar-refractivity contribution in [2.45, 2.75) is 37.3 Å². The van der Waals surface area contributed by atoms with Crippen LogP contribution in [0.2, 0.25) is 0 Å². The van der Waals surface area contributed by atoms with E-state index in [1.807, 2.05) is 6.92 Å². The Balaban J connectivity index is 3.13. The molecule has 1 atom stereocenters. The fourth-order valence-corrected chi connectivity index (χ4v) is 3.30. The summed E-state index contributed by atoms with van der Waals surface area (Å²) in [6.45, 7) is 1.10. The first kappa shape index (κ1) is 18.0. The number of sulfonamides is 1. The number of halogens is 2. The minimum absolute atomic E-state index is 0.142. The maximum atomic E-state index is 14.0. The number of nitrogens with one attached hydrogen (secondary N) is 1. The van der Waals surface area contributed by atoms with Crippen LogP contribution in [0.5, 0.6) is 0 Å². The first-order valence-corrected chi connectivity index (χ1v) is 7.94. The zero-order chi connectivity index (χ0) is 16.0. The maximum absolute atomic E-state index is 14.0. The predicted molar refractivity (Wildman–Crippen MR) is 73.2 cm³/mol. The summed E-state index contributed by atoms with van der Waals surface area (Å²) in [7, 11) is -2.74. The van der Waals surface area contributed by atoms with Gasteiger partial charge in [0, 0.05) is 13.2 Å². The molecule has 0 bridgehead atoms. The topological polar surface area (TPSA) is 75.6 Å². The van der Waals surface area contributed by atoms with Crippen LogP contribution in [0.3, 0.4) is 0 Å². The predicted octanol–water partition coefficient (Wildman–Crippen LogP) is 1.55. The van der Waals surface area contributed by atoms with Gasteiger partial charge in [0.15, 0.2) is 5.82 Å². The second-order valence-electron chi connectivity index (χ2n) is 4.56. The van der Waals surface area contributed by atoms with E-state index in [4.69, 9.17) is 9.84 Å². The van der Waals surface area contributed by atoms with E-state index in [9.17, 15) is 17.2 Å². The molecule has 0 heterocycles. The molecule has 0 aromatic heterocycles. The van der Waals surface area contributed by atoms with Crippen molar-refractivity contribution in [1.82, 2.24) is 4.72 Å². The number of ether oxygens (including phenoxy) is 1. The Kier molecular flexibility index (Phi) is 6.66. The van der Waals surface area contributed by atoms with E-state index in [0.717, 1.165) is 12.1 Å². The quantitative estimate of drug-likeness (QED) is 0.761. The van der Waals surface area contributed by atoms with Crippen LogP contribution in [-0.4, -0.2) is 33.3 Å². The van der Waals surface area contributed by atoms with Gasteiger partial charge in [-0.2, -0.15) is 0 Å². The Hall–Kier alpha value is -1.09. The Morgan fingerprint density at radius 1 is 1.38 bits per heavy atom. The number of aliphatic hydroxyl groups excluding tert-OH is 1. The van der Waals surface area contributed by atoms with E-state index in [0.29, 0.717) is 12.8 Å². The first-order chi connectivity index (χ1) is 9.87. The molecule has 0 saturated heterocycles. The van der Waals surface area contributed by atoms with Gasteiger partial charge in [0.2, 0.25) is 10.0 Å². The molecule has 1 unspecified atom stereocenters. The molecule has 0 saturated carbocycles. The van der Waals surface area contributed by atoms with Crippen molar-refractivity contribution in [2.24, 2.45) is 0 Å². The van der Waals surface area contributed by atoms with E-state index in [2.05, 4.69) is 4.72 Å². The normalized spacial score (nSPS) is 13.4. The first-order valence-electron chi connectivity index (χ1n) is 6.46. The van der Waals surface area contributed by atoms with Gasteiger partial charge in [-0.1, -0.05) is 13.3 Å². The molecule has 0 spiro atoms. The lowest BCUT2D eigenvalue weighted by Gasteiger charge is -2.18. The van der Waals surface area contributed by atoms with Gasteiger partial charge in [0.25, 0.3) is 0 Å². The Bertz CT molecular complexity index is 572. The zero-order valence-electron chi connectivity index (χ0n) is 11.9. The van der Waals surface area contributed by atoms with E-state index in [-0.39, 0.29) is 6.61 Å². The largest absolute Gasteiger partial charge is 0.391 e.